The van der Waals surface area contributed by atoms with Crippen LogP contribution in [0.1, 0.15) is 303 Å². The average molecular weight is 1320 g/mol. The lowest BCUT2D eigenvalue weighted by atomic mass is 9.96. The van der Waals surface area contributed by atoms with Crippen LogP contribution >= 0.6 is 0 Å². The SMILES string of the molecule is CCCCCCCCCC/C=C\CCCCCCCCCCCCCCCCCCCCCCCC(=O)NC(COC1OC(CO)C(OC2OC(CO)C(OC3OC(CO)C(O)C(O)C3O)C(O)C2O)C(O)C1O)C(O)/C=C/CCCCCCCCCCCCCC. The number of aliphatic hydroxyl groups is 11. The van der Waals surface area contributed by atoms with Crippen LogP contribution in [0.3, 0.4) is 0 Å². The fourth-order valence-electron chi connectivity index (χ4n) is 12.9. The van der Waals surface area contributed by atoms with Crippen LogP contribution in [-0.2, 0) is 33.2 Å². The van der Waals surface area contributed by atoms with Crippen molar-refractivity contribution in [3.8, 4) is 0 Å². The molecule has 3 rings (SSSR count). The van der Waals surface area contributed by atoms with E-state index in [0.717, 1.165) is 44.9 Å². The van der Waals surface area contributed by atoms with Gasteiger partial charge in [0.25, 0.3) is 0 Å². The lowest BCUT2D eigenvalue weighted by Gasteiger charge is -2.48. The minimum absolute atomic E-state index is 0.248. The Balaban J connectivity index is 1.34. The molecular formula is C73H137NO18. The highest BCUT2D eigenvalue weighted by Gasteiger charge is 2.53. The maximum absolute atomic E-state index is 13.4. The third-order valence-electron chi connectivity index (χ3n) is 19.0. The summed E-state index contributed by atoms with van der Waals surface area (Å²) in [6.07, 6.45) is 37.5. The lowest BCUT2D eigenvalue weighted by Crippen LogP contribution is -2.66. The van der Waals surface area contributed by atoms with Crippen LogP contribution in [0.5, 0.6) is 0 Å². The summed E-state index contributed by atoms with van der Waals surface area (Å²) in [5.41, 5.74) is 0. The first-order chi connectivity index (χ1) is 44.8. The predicted molar refractivity (Wildman–Crippen MR) is 360 cm³/mol. The zero-order valence-corrected chi connectivity index (χ0v) is 57.5. The number of rotatable bonds is 59. The summed E-state index contributed by atoms with van der Waals surface area (Å²) in [6, 6.07) is -0.970. The monoisotopic (exact) mass is 1320 g/mol. The molecule has 3 fully saturated rings. The quantitative estimate of drug-likeness (QED) is 0.0199. The molecule has 0 aromatic rings. The molecule has 3 aliphatic heterocycles. The number of nitrogens with one attached hydrogen (secondary N) is 1. The van der Waals surface area contributed by atoms with E-state index in [2.05, 4.69) is 31.3 Å². The first-order valence-corrected chi connectivity index (χ1v) is 37.6. The summed E-state index contributed by atoms with van der Waals surface area (Å²) in [6.45, 7) is 1.76. The fourth-order valence-corrected chi connectivity index (χ4v) is 12.9. The van der Waals surface area contributed by atoms with Crippen molar-refractivity contribution in [1.29, 1.82) is 0 Å². The van der Waals surface area contributed by atoms with Crippen molar-refractivity contribution in [2.45, 2.75) is 407 Å². The first-order valence-electron chi connectivity index (χ1n) is 37.6. The highest BCUT2D eigenvalue weighted by Crippen LogP contribution is 2.33. The van der Waals surface area contributed by atoms with Gasteiger partial charge in [0, 0.05) is 6.42 Å². The molecule has 1 amide bonds. The molecular weight excluding hydrogens is 1180 g/mol. The maximum Gasteiger partial charge on any atom is 0.220 e. The maximum atomic E-state index is 13.4. The summed E-state index contributed by atoms with van der Waals surface area (Å²) in [4.78, 5) is 13.4. The molecule has 0 aromatic heterocycles. The molecule has 542 valence electrons. The number of carbonyl (C=O) groups excluding carboxylic acids is 1. The average Bonchev–Trinajstić information content (AvgIpc) is 0.840. The Morgan fingerprint density at radius 2 is 0.685 bits per heavy atom. The van der Waals surface area contributed by atoms with E-state index in [9.17, 15) is 61.0 Å². The molecule has 0 aliphatic carbocycles. The standard InChI is InChI=1S/C73H137NO18/c1-3-5-7-9-11-13-15-17-19-20-21-22-23-24-25-26-27-28-29-30-31-32-33-34-35-36-37-39-41-43-45-47-49-51-61(79)74-56(57(78)50-48-46-44-42-40-38-18-16-14-12-10-8-6-4-2)55-87-71-67(85)64(82)69(59(53-76)89-71)92-73-68(86)65(83)70(60(54-77)90-73)91-72-66(84)63(81)62(80)58(52-75)88-72/h20-21,48,50,56-60,62-73,75-78,80-86H,3-19,22-47,49,51-55H2,1-2H3,(H,74,79)/b21-20-,50-48+. The van der Waals surface area contributed by atoms with E-state index >= 15 is 0 Å². The molecule has 3 heterocycles. The Hall–Kier alpha value is -1.73. The van der Waals surface area contributed by atoms with Gasteiger partial charge in [-0.25, -0.2) is 0 Å². The van der Waals surface area contributed by atoms with Gasteiger partial charge in [0.1, 0.15) is 73.2 Å². The second kappa shape index (κ2) is 55.2. The predicted octanol–water partition coefficient (Wildman–Crippen LogP) is 11.0. The van der Waals surface area contributed by atoms with Crippen LogP contribution in [-0.4, -0.2) is 193 Å². The highest BCUT2D eigenvalue weighted by molar-refractivity contribution is 5.76. The molecule has 3 aliphatic rings. The van der Waals surface area contributed by atoms with E-state index in [1.807, 2.05) is 6.08 Å². The van der Waals surface area contributed by atoms with Crippen molar-refractivity contribution >= 4 is 5.91 Å². The minimum Gasteiger partial charge on any atom is -0.394 e. The Bertz CT molecular complexity index is 1760. The van der Waals surface area contributed by atoms with Crippen LogP contribution in [0.2, 0.25) is 0 Å². The van der Waals surface area contributed by atoms with E-state index in [1.54, 1.807) is 6.08 Å². The van der Waals surface area contributed by atoms with Gasteiger partial charge in [-0.1, -0.05) is 276 Å². The zero-order valence-electron chi connectivity index (χ0n) is 57.5. The van der Waals surface area contributed by atoms with Gasteiger partial charge in [0.05, 0.1) is 38.6 Å². The highest BCUT2D eigenvalue weighted by atomic mass is 16.8. The van der Waals surface area contributed by atoms with Gasteiger partial charge in [-0.3, -0.25) is 4.79 Å². The lowest BCUT2D eigenvalue weighted by molar-refractivity contribution is -0.379. The van der Waals surface area contributed by atoms with Crippen molar-refractivity contribution in [2.75, 3.05) is 26.4 Å². The van der Waals surface area contributed by atoms with Gasteiger partial charge in [0.2, 0.25) is 5.91 Å². The number of allylic oxidation sites excluding steroid dienone is 3. The summed E-state index contributed by atoms with van der Waals surface area (Å²) < 4.78 is 34.4. The van der Waals surface area contributed by atoms with Crippen LogP contribution in [0.4, 0.5) is 0 Å². The van der Waals surface area contributed by atoms with E-state index in [1.165, 1.54) is 231 Å². The molecule has 0 spiro atoms. The first kappa shape index (κ1) is 84.5. The van der Waals surface area contributed by atoms with Crippen LogP contribution in [0.15, 0.2) is 24.3 Å². The molecule has 0 bridgehead atoms. The van der Waals surface area contributed by atoms with Crippen molar-refractivity contribution in [3.63, 3.8) is 0 Å². The molecule has 0 radical (unpaired) electrons. The van der Waals surface area contributed by atoms with Crippen LogP contribution < -0.4 is 5.32 Å². The Kier molecular flexibility index (Phi) is 50.7. The molecule has 19 heteroatoms. The molecule has 92 heavy (non-hydrogen) atoms. The summed E-state index contributed by atoms with van der Waals surface area (Å²) in [5, 5.41) is 121. The van der Waals surface area contributed by atoms with Gasteiger partial charge in [-0.15, -0.1) is 0 Å². The Morgan fingerprint density at radius 1 is 0.380 bits per heavy atom. The summed E-state index contributed by atoms with van der Waals surface area (Å²) >= 11 is 0. The second-order valence-electron chi connectivity index (χ2n) is 27.1. The van der Waals surface area contributed by atoms with Gasteiger partial charge in [0.15, 0.2) is 18.9 Å². The molecule has 19 nitrogen and oxygen atoms in total. The van der Waals surface area contributed by atoms with E-state index < -0.39 is 124 Å². The number of carbonyl (C=O) groups is 1. The van der Waals surface area contributed by atoms with E-state index in [-0.39, 0.29) is 18.9 Å². The third kappa shape index (κ3) is 36.2. The summed E-state index contributed by atoms with van der Waals surface area (Å²) in [5.74, 6) is -0.270. The largest absolute Gasteiger partial charge is 0.394 e. The van der Waals surface area contributed by atoms with E-state index in [4.69, 9.17) is 28.4 Å². The Labute approximate surface area is 556 Å². The summed E-state index contributed by atoms with van der Waals surface area (Å²) in [7, 11) is 0. The zero-order chi connectivity index (χ0) is 66.8. The number of unbranched alkanes of at least 4 members (excludes halogenated alkanes) is 41. The van der Waals surface area contributed by atoms with Crippen molar-refractivity contribution in [3.05, 3.63) is 24.3 Å². The fraction of sp³-hybridized carbons (Fsp3) is 0.932. The molecule has 0 saturated carbocycles. The number of ether oxygens (including phenoxy) is 6. The second-order valence-corrected chi connectivity index (χ2v) is 27.1. The molecule has 0 aromatic carbocycles. The van der Waals surface area contributed by atoms with Crippen molar-refractivity contribution in [2.24, 2.45) is 0 Å². The van der Waals surface area contributed by atoms with Gasteiger partial charge < -0.3 is 89.9 Å². The Morgan fingerprint density at radius 3 is 1.05 bits per heavy atom. The van der Waals surface area contributed by atoms with Crippen molar-refractivity contribution in [1.82, 2.24) is 5.32 Å². The van der Waals surface area contributed by atoms with Gasteiger partial charge in [-0.2, -0.15) is 0 Å². The number of aliphatic hydroxyl groups excluding tert-OH is 11. The smallest absolute Gasteiger partial charge is 0.220 e. The molecule has 17 unspecified atom stereocenters. The molecule has 17 atom stereocenters. The minimum atomic E-state index is -1.98. The van der Waals surface area contributed by atoms with Crippen LogP contribution in [0, 0.1) is 0 Å². The number of hydrogen-bond acceptors (Lipinski definition) is 18. The van der Waals surface area contributed by atoms with Crippen molar-refractivity contribution < 1.29 is 89.4 Å². The molecule has 3 saturated heterocycles. The molecule has 12 N–H and O–H groups in total. The van der Waals surface area contributed by atoms with E-state index in [0.29, 0.717) is 6.42 Å². The number of hydrogen-bond donors (Lipinski definition) is 12. The van der Waals surface area contributed by atoms with Gasteiger partial charge in [-0.05, 0) is 44.9 Å². The van der Waals surface area contributed by atoms with Gasteiger partial charge >= 0.3 is 0 Å². The third-order valence-corrected chi connectivity index (χ3v) is 19.0. The van der Waals surface area contributed by atoms with Crippen LogP contribution in [0.25, 0.3) is 0 Å². The number of amides is 1. The normalized spacial score (nSPS) is 27.8. The topological polar surface area (TPSA) is 307 Å².